The van der Waals surface area contributed by atoms with Gasteiger partial charge in [-0.3, -0.25) is 9.59 Å². The Morgan fingerprint density at radius 2 is 1.94 bits per heavy atom. The minimum atomic E-state index is -0.230. The van der Waals surface area contributed by atoms with E-state index < -0.39 is 0 Å². The molecule has 3 heterocycles. The molecule has 0 bridgehead atoms. The summed E-state index contributed by atoms with van der Waals surface area (Å²) in [5.74, 6) is 0.847. The van der Waals surface area contributed by atoms with Crippen molar-refractivity contribution in [1.29, 1.82) is 0 Å². The molecule has 1 aromatic heterocycles. The number of carbonyl (C=O) groups excluding carboxylic acids is 2. The van der Waals surface area contributed by atoms with Crippen LogP contribution >= 0.6 is 0 Å². The standard InChI is InChI=1S/C27H29N5O2/c1-31-18-16-28-23(31)11-12-24(33)29-15-13-25(34)32-17-14-21-26(19-7-3-2-4-8-19)30-22-10-6-5-9-20(22)27(21)32/h2-12,16,18,21,26-27,30H,13-15,17H2,1H3,(H,29,33)/b12-11+/t21-,26+,27+/m1/s1. The summed E-state index contributed by atoms with van der Waals surface area (Å²) in [6.07, 6.45) is 7.83. The molecule has 5 rings (SSSR count). The fraction of sp³-hybridized carbons (Fsp3) is 0.296. The van der Waals surface area contributed by atoms with Gasteiger partial charge < -0.3 is 20.1 Å². The molecule has 0 aliphatic carbocycles. The maximum absolute atomic E-state index is 13.2. The van der Waals surface area contributed by atoms with Crippen molar-refractivity contribution in [1.82, 2.24) is 19.8 Å². The number of anilines is 1. The van der Waals surface area contributed by atoms with Gasteiger partial charge >= 0.3 is 0 Å². The van der Waals surface area contributed by atoms with Gasteiger partial charge in [-0.25, -0.2) is 4.98 Å². The zero-order valence-corrected chi connectivity index (χ0v) is 19.2. The average molecular weight is 456 g/mol. The van der Waals surface area contributed by atoms with Crippen molar-refractivity contribution in [2.24, 2.45) is 13.0 Å². The molecule has 0 saturated carbocycles. The summed E-state index contributed by atoms with van der Waals surface area (Å²) < 4.78 is 1.83. The van der Waals surface area contributed by atoms with Gasteiger partial charge in [0.05, 0.1) is 12.1 Å². The highest BCUT2D eigenvalue weighted by molar-refractivity contribution is 5.91. The Morgan fingerprint density at radius 1 is 1.15 bits per heavy atom. The molecular formula is C27H29N5O2. The number of aryl methyl sites for hydroxylation is 1. The molecule has 1 saturated heterocycles. The Morgan fingerprint density at radius 3 is 2.74 bits per heavy atom. The van der Waals surface area contributed by atoms with Crippen LogP contribution in [0.4, 0.5) is 5.69 Å². The average Bonchev–Trinajstić information content (AvgIpc) is 3.49. The lowest BCUT2D eigenvalue weighted by Crippen LogP contribution is -2.38. The second-order valence-corrected chi connectivity index (χ2v) is 8.88. The summed E-state index contributed by atoms with van der Waals surface area (Å²) in [6, 6.07) is 18.9. The highest BCUT2D eigenvalue weighted by Crippen LogP contribution is 2.51. The van der Waals surface area contributed by atoms with E-state index in [1.165, 1.54) is 17.2 Å². The maximum atomic E-state index is 13.2. The molecular weight excluding hydrogens is 426 g/mol. The van der Waals surface area contributed by atoms with Gasteiger partial charge in [0.25, 0.3) is 0 Å². The fourth-order valence-corrected chi connectivity index (χ4v) is 5.18. The zero-order chi connectivity index (χ0) is 23.5. The van der Waals surface area contributed by atoms with E-state index in [0.29, 0.717) is 18.3 Å². The monoisotopic (exact) mass is 455 g/mol. The van der Waals surface area contributed by atoms with E-state index in [0.717, 1.165) is 18.7 Å². The third-order valence-corrected chi connectivity index (χ3v) is 6.82. The van der Waals surface area contributed by atoms with E-state index in [1.807, 2.05) is 40.9 Å². The van der Waals surface area contributed by atoms with Gasteiger partial charge in [0.2, 0.25) is 11.8 Å². The van der Waals surface area contributed by atoms with Gasteiger partial charge in [-0.2, -0.15) is 0 Å². The molecule has 3 aromatic rings. The molecule has 7 heteroatoms. The van der Waals surface area contributed by atoms with Crippen LogP contribution in [0.1, 0.15) is 41.9 Å². The molecule has 2 amide bonds. The molecule has 0 unspecified atom stereocenters. The van der Waals surface area contributed by atoms with E-state index in [9.17, 15) is 9.59 Å². The minimum absolute atomic E-state index is 0.0363. The molecule has 7 nitrogen and oxygen atoms in total. The van der Waals surface area contributed by atoms with Crippen LogP contribution in [-0.2, 0) is 16.6 Å². The normalized spacial score (nSPS) is 21.1. The first-order valence-electron chi connectivity index (χ1n) is 11.7. The number of amides is 2. The largest absolute Gasteiger partial charge is 0.378 e. The van der Waals surface area contributed by atoms with Crippen LogP contribution in [0.15, 0.2) is 73.1 Å². The molecule has 0 radical (unpaired) electrons. The molecule has 2 aromatic carbocycles. The quantitative estimate of drug-likeness (QED) is 0.556. The fourth-order valence-electron chi connectivity index (χ4n) is 5.18. The van der Waals surface area contributed by atoms with Crippen LogP contribution in [0.25, 0.3) is 6.08 Å². The lowest BCUT2D eigenvalue weighted by molar-refractivity contribution is -0.132. The van der Waals surface area contributed by atoms with Gasteiger partial charge in [-0.15, -0.1) is 0 Å². The smallest absolute Gasteiger partial charge is 0.244 e. The number of hydrogen-bond donors (Lipinski definition) is 2. The van der Waals surface area contributed by atoms with E-state index in [4.69, 9.17) is 0 Å². The van der Waals surface area contributed by atoms with Crippen LogP contribution < -0.4 is 10.6 Å². The lowest BCUT2D eigenvalue weighted by atomic mass is 9.80. The van der Waals surface area contributed by atoms with E-state index >= 15 is 0 Å². The van der Waals surface area contributed by atoms with E-state index in [-0.39, 0.29) is 30.3 Å². The number of rotatable bonds is 6. The van der Waals surface area contributed by atoms with Crippen molar-refractivity contribution >= 4 is 23.6 Å². The Hall–Kier alpha value is -3.87. The van der Waals surface area contributed by atoms with Crippen LogP contribution in [0, 0.1) is 5.92 Å². The summed E-state index contributed by atoms with van der Waals surface area (Å²) in [5.41, 5.74) is 3.51. The predicted octanol–water partition coefficient (Wildman–Crippen LogP) is 3.70. The van der Waals surface area contributed by atoms with Gasteiger partial charge in [0, 0.05) is 56.6 Å². The number of nitrogens with zero attached hydrogens (tertiary/aromatic N) is 3. The highest BCUT2D eigenvalue weighted by atomic mass is 16.2. The number of likely N-dealkylation sites (tertiary alicyclic amines) is 1. The molecule has 1 fully saturated rings. The maximum Gasteiger partial charge on any atom is 0.244 e. The van der Waals surface area contributed by atoms with Gasteiger partial charge in [0.15, 0.2) is 0 Å². The summed E-state index contributed by atoms with van der Waals surface area (Å²) >= 11 is 0. The van der Waals surface area contributed by atoms with Crippen molar-refractivity contribution in [3.8, 4) is 0 Å². The first-order valence-corrected chi connectivity index (χ1v) is 11.7. The summed E-state index contributed by atoms with van der Waals surface area (Å²) in [5, 5.41) is 6.54. The predicted molar refractivity (Wildman–Crippen MR) is 132 cm³/mol. The lowest BCUT2D eigenvalue weighted by Gasteiger charge is -2.40. The second kappa shape index (κ2) is 9.55. The Bertz CT molecular complexity index is 1200. The van der Waals surface area contributed by atoms with Gasteiger partial charge in [-0.1, -0.05) is 48.5 Å². The van der Waals surface area contributed by atoms with Gasteiger partial charge in [0.1, 0.15) is 5.82 Å². The molecule has 2 aliphatic rings. The molecule has 34 heavy (non-hydrogen) atoms. The van der Waals surface area contributed by atoms with Crippen LogP contribution in [0.2, 0.25) is 0 Å². The molecule has 3 atom stereocenters. The zero-order valence-electron chi connectivity index (χ0n) is 19.2. The number of aromatic nitrogens is 2. The number of benzene rings is 2. The van der Waals surface area contributed by atoms with Crippen molar-refractivity contribution in [3.05, 3.63) is 90.0 Å². The van der Waals surface area contributed by atoms with Crippen molar-refractivity contribution in [2.75, 3.05) is 18.4 Å². The van der Waals surface area contributed by atoms with Crippen LogP contribution in [-0.4, -0.2) is 39.4 Å². The third-order valence-electron chi connectivity index (χ3n) is 6.82. The van der Waals surface area contributed by atoms with Crippen LogP contribution in [0.5, 0.6) is 0 Å². The van der Waals surface area contributed by atoms with E-state index in [2.05, 4.69) is 52.0 Å². The second-order valence-electron chi connectivity index (χ2n) is 8.88. The number of fused-ring (bicyclic) bond motifs is 3. The molecule has 2 aliphatic heterocycles. The van der Waals surface area contributed by atoms with Crippen molar-refractivity contribution in [3.63, 3.8) is 0 Å². The first kappa shape index (κ1) is 21.9. The summed E-state index contributed by atoms with van der Waals surface area (Å²) in [4.78, 5) is 31.6. The number of carbonyl (C=O) groups is 2. The Balaban J connectivity index is 1.26. The number of hydrogen-bond acceptors (Lipinski definition) is 4. The topological polar surface area (TPSA) is 79.3 Å². The van der Waals surface area contributed by atoms with Crippen LogP contribution in [0.3, 0.4) is 0 Å². The molecule has 2 N–H and O–H groups in total. The number of nitrogens with one attached hydrogen (secondary N) is 2. The molecule has 0 spiro atoms. The number of imidazole rings is 1. The van der Waals surface area contributed by atoms with Crippen molar-refractivity contribution < 1.29 is 9.59 Å². The van der Waals surface area contributed by atoms with Gasteiger partial charge in [-0.05, 0) is 29.7 Å². The summed E-state index contributed by atoms with van der Waals surface area (Å²) in [6.45, 7) is 1.03. The highest BCUT2D eigenvalue weighted by Gasteiger charge is 2.45. The Kier molecular flexibility index (Phi) is 6.16. The third kappa shape index (κ3) is 4.33. The summed E-state index contributed by atoms with van der Waals surface area (Å²) in [7, 11) is 1.87. The number of para-hydroxylation sites is 1. The first-order chi connectivity index (χ1) is 16.6. The SMILES string of the molecule is Cn1ccnc1/C=C/C(=O)NCCC(=O)N1CC[C@@H]2[C@H](c3ccccc3)Nc3ccccc3[C@@H]21. The van der Waals surface area contributed by atoms with Crippen molar-refractivity contribution in [2.45, 2.75) is 24.9 Å². The van der Waals surface area contributed by atoms with E-state index in [1.54, 1.807) is 12.3 Å². The molecule has 174 valence electrons. The minimum Gasteiger partial charge on any atom is -0.378 e. The Labute approximate surface area is 199 Å².